The Bertz CT molecular complexity index is 754. The number of nitrogens with zero attached hydrogens (tertiary/aromatic N) is 2. The van der Waals surface area contributed by atoms with E-state index in [4.69, 9.17) is 4.74 Å². The second-order valence-electron chi connectivity index (χ2n) is 6.39. The minimum atomic E-state index is -2.51. The summed E-state index contributed by atoms with van der Waals surface area (Å²) in [5.41, 5.74) is 0.754. The highest BCUT2D eigenvalue weighted by Gasteiger charge is 2.22. The first kappa shape index (κ1) is 23.6. The summed E-state index contributed by atoms with van der Waals surface area (Å²) in [6.07, 6.45) is 3.81. The lowest BCUT2D eigenvalue weighted by atomic mass is 10.1. The predicted molar refractivity (Wildman–Crippen MR) is 107 cm³/mol. The van der Waals surface area contributed by atoms with Gasteiger partial charge in [-0.2, -0.15) is 12.8 Å². The van der Waals surface area contributed by atoms with Crippen LogP contribution in [-0.2, 0) is 21.7 Å². The molecule has 8 nitrogen and oxygen atoms in total. The third kappa shape index (κ3) is 8.51. The molecule has 1 aromatic carbocycles. The molecule has 0 aliphatic rings. The van der Waals surface area contributed by atoms with Crippen molar-refractivity contribution in [3.05, 3.63) is 29.8 Å². The lowest BCUT2D eigenvalue weighted by molar-refractivity contribution is -0.127. The van der Waals surface area contributed by atoms with Gasteiger partial charge < -0.3 is 10.1 Å². The van der Waals surface area contributed by atoms with E-state index < -0.39 is 22.6 Å². The molecule has 0 heterocycles. The summed E-state index contributed by atoms with van der Waals surface area (Å²) in [6.45, 7) is 2.16. The van der Waals surface area contributed by atoms with E-state index in [1.807, 2.05) is 0 Å². The van der Waals surface area contributed by atoms with Gasteiger partial charge in [-0.15, -0.1) is 0 Å². The SMILES string of the molecule is CCCCCC(CCN(C(=O)Cc1ccc(OC)cc1)C(=O)NC)N=S(=O)=O. The molecule has 0 radical (unpaired) electrons. The number of carbonyl (C=O) groups excluding carboxylic acids is 2. The van der Waals surface area contributed by atoms with E-state index in [-0.39, 0.29) is 18.9 Å². The Balaban J connectivity index is 2.80. The Morgan fingerprint density at radius 1 is 1.18 bits per heavy atom. The van der Waals surface area contributed by atoms with Gasteiger partial charge in [-0.25, -0.2) is 4.79 Å². The van der Waals surface area contributed by atoms with Crippen molar-refractivity contribution < 1.29 is 22.7 Å². The topological polar surface area (TPSA) is 105 Å². The van der Waals surface area contributed by atoms with E-state index in [2.05, 4.69) is 16.6 Å². The fourth-order valence-corrected chi connectivity index (χ4v) is 3.22. The summed E-state index contributed by atoms with van der Waals surface area (Å²) < 4.78 is 30.7. The largest absolute Gasteiger partial charge is 0.497 e. The summed E-state index contributed by atoms with van der Waals surface area (Å²) in [6, 6.07) is 6.07. The number of ether oxygens (including phenoxy) is 1. The average molecular weight is 412 g/mol. The van der Waals surface area contributed by atoms with Gasteiger partial charge in [0, 0.05) is 13.6 Å². The van der Waals surface area contributed by atoms with Gasteiger partial charge in [0.15, 0.2) is 0 Å². The van der Waals surface area contributed by atoms with Crippen LogP contribution in [0.4, 0.5) is 4.79 Å². The number of amides is 3. The van der Waals surface area contributed by atoms with E-state index in [9.17, 15) is 18.0 Å². The molecule has 0 aliphatic heterocycles. The molecule has 0 saturated carbocycles. The minimum absolute atomic E-state index is 0.0581. The molecule has 3 amide bonds. The number of hydrogen-bond acceptors (Lipinski definition) is 6. The van der Waals surface area contributed by atoms with Crippen LogP contribution in [0.1, 0.15) is 44.6 Å². The van der Waals surface area contributed by atoms with Crippen molar-refractivity contribution in [3.63, 3.8) is 0 Å². The fraction of sp³-hybridized carbons (Fsp3) is 0.579. The van der Waals surface area contributed by atoms with Crippen molar-refractivity contribution in [3.8, 4) is 5.75 Å². The molecule has 0 spiro atoms. The summed E-state index contributed by atoms with van der Waals surface area (Å²) >= 11 is 0. The van der Waals surface area contributed by atoms with Crippen molar-refractivity contribution in [1.82, 2.24) is 10.2 Å². The van der Waals surface area contributed by atoms with Gasteiger partial charge in [-0.3, -0.25) is 9.69 Å². The Labute approximate surface area is 168 Å². The van der Waals surface area contributed by atoms with E-state index in [0.717, 1.165) is 29.7 Å². The number of rotatable bonds is 11. The molecule has 9 heteroatoms. The number of urea groups is 1. The number of hydrogen-bond donors (Lipinski definition) is 1. The van der Waals surface area contributed by atoms with Gasteiger partial charge in [-0.05, 0) is 30.5 Å². The highest BCUT2D eigenvalue weighted by molar-refractivity contribution is 7.61. The van der Waals surface area contributed by atoms with Crippen LogP contribution < -0.4 is 10.1 Å². The van der Waals surface area contributed by atoms with Crippen molar-refractivity contribution in [1.29, 1.82) is 0 Å². The minimum Gasteiger partial charge on any atom is -0.497 e. The van der Waals surface area contributed by atoms with Crippen molar-refractivity contribution in [2.45, 2.75) is 51.5 Å². The number of unbranched alkanes of at least 4 members (excludes halogenated alkanes) is 2. The van der Waals surface area contributed by atoms with E-state index in [1.165, 1.54) is 7.05 Å². The zero-order valence-electron chi connectivity index (χ0n) is 16.7. The molecule has 1 unspecified atom stereocenters. The molecule has 1 aromatic rings. The first-order valence-electron chi connectivity index (χ1n) is 9.36. The lowest BCUT2D eigenvalue weighted by Crippen LogP contribution is -2.44. The fourth-order valence-electron chi connectivity index (χ4n) is 2.77. The molecule has 0 aliphatic carbocycles. The van der Waals surface area contributed by atoms with Crippen LogP contribution in [0.3, 0.4) is 0 Å². The molecule has 156 valence electrons. The van der Waals surface area contributed by atoms with E-state index in [0.29, 0.717) is 18.6 Å². The molecule has 0 fully saturated rings. The van der Waals surface area contributed by atoms with Crippen LogP contribution in [0, 0.1) is 0 Å². The lowest BCUT2D eigenvalue weighted by Gasteiger charge is -2.22. The van der Waals surface area contributed by atoms with Gasteiger partial charge in [0.2, 0.25) is 5.91 Å². The van der Waals surface area contributed by atoms with Crippen molar-refractivity contribution in [2.24, 2.45) is 4.36 Å². The molecule has 0 aromatic heterocycles. The molecule has 1 rings (SSSR count). The quantitative estimate of drug-likeness (QED) is 0.564. The molecule has 0 saturated heterocycles. The van der Waals surface area contributed by atoms with Crippen LogP contribution in [0.2, 0.25) is 0 Å². The maximum absolute atomic E-state index is 12.6. The zero-order valence-corrected chi connectivity index (χ0v) is 17.5. The zero-order chi connectivity index (χ0) is 20.9. The molecular formula is C19H29N3O5S. The number of nitrogens with one attached hydrogen (secondary N) is 1. The monoisotopic (exact) mass is 411 g/mol. The first-order chi connectivity index (χ1) is 13.4. The van der Waals surface area contributed by atoms with Crippen molar-refractivity contribution in [2.75, 3.05) is 20.7 Å². The summed E-state index contributed by atoms with van der Waals surface area (Å²) in [7, 11) is 0.496. The summed E-state index contributed by atoms with van der Waals surface area (Å²) in [5, 5.41) is 2.46. The normalized spacial score (nSPS) is 11.4. The smallest absolute Gasteiger partial charge is 0.323 e. The number of methoxy groups -OCH3 is 1. The van der Waals surface area contributed by atoms with Gasteiger partial charge in [0.25, 0.3) is 0 Å². The Morgan fingerprint density at radius 2 is 1.86 bits per heavy atom. The Kier molecular flexibility index (Phi) is 10.9. The first-order valence-corrected chi connectivity index (χ1v) is 10.4. The Morgan fingerprint density at radius 3 is 2.39 bits per heavy atom. The summed E-state index contributed by atoms with van der Waals surface area (Å²) in [5.74, 6) is 0.321. The molecular weight excluding hydrogens is 382 g/mol. The molecule has 1 atom stereocenters. The van der Waals surface area contributed by atoms with Crippen LogP contribution >= 0.6 is 0 Å². The number of benzene rings is 1. The second-order valence-corrected chi connectivity index (χ2v) is 7.03. The van der Waals surface area contributed by atoms with Crippen LogP contribution in [-0.4, -0.2) is 52.0 Å². The highest BCUT2D eigenvalue weighted by Crippen LogP contribution is 2.14. The third-order valence-corrected chi connectivity index (χ3v) is 4.81. The third-order valence-electron chi connectivity index (χ3n) is 4.34. The van der Waals surface area contributed by atoms with Crippen LogP contribution in [0.5, 0.6) is 5.75 Å². The average Bonchev–Trinajstić information content (AvgIpc) is 2.68. The number of imide groups is 1. The Hall–Kier alpha value is -2.42. The molecule has 28 heavy (non-hydrogen) atoms. The highest BCUT2D eigenvalue weighted by atomic mass is 32.2. The number of carbonyl (C=O) groups is 2. The standard InChI is InChI=1S/C19H29N3O5S/c1-4-5-6-7-16(21-28(25)26)12-13-22(19(24)20-2)18(23)14-15-8-10-17(27-3)11-9-15/h8-11,16H,4-7,12-14H2,1-3H3,(H,20,24). The maximum atomic E-state index is 12.6. The van der Waals surface area contributed by atoms with Crippen LogP contribution in [0.25, 0.3) is 0 Å². The van der Waals surface area contributed by atoms with E-state index in [1.54, 1.807) is 31.4 Å². The predicted octanol–water partition coefficient (Wildman–Crippen LogP) is 2.81. The van der Waals surface area contributed by atoms with Crippen LogP contribution in [0.15, 0.2) is 28.6 Å². The van der Waals surface area contributed by atoms with Gasteiger partial charge in [-0.1, -0.05) is 38.3 Å². The molecule has 1 N–H and O–H groups in total. The second kappa shape index (κ2) is 12.9. The maximum Gasteiger partial charge on any atom is 0.323 e. The molecule has 0 bridgehead atoms. The van der Waals surface area contributed by atoms with Gasteiger partial charge in [0.05, 0.1) is 19.6 Å². The summed E-state index contributed by atoms with van der Waals surface area (Å²) in [4.78, 5) is 25.9. The van der Waals surface area contributed by atoms with Gasteiger partial charge >= 0.3 is 16.5 Å². The van der Waals surface area contributed by atoms with Crippen molar-refractivity contribution >= 4 is 22.4 Å². The van der Waals surface area contributed by atoms with Gasteiger partial charge in [0.1, 0.15) is 5.75 Å². The van der Waals surface area contributed by atoms with E-state index >= 15 is 0 Å².